The second-order valence-corrected chi connectivity index (χ2v) is 6.21. The lowest BCUT2D eigenvalue weighted by Gasteiger charge is -2.33. The first-order valence-corrected chi connectivity index (χ1v) is 7.93. The highest BCUT2D eigenvalue weighted by Crippen LogP contribution is 2.33. The van der Waals surface area contributed by atoms with E-state index in [4.69, 9.17) is 0 Å². The summed E-state index contributed by atoms with van der Waals surface area (Å²) in [6.07, 6.45) is 7.37. The molecule has 0 aromatic carbocycles. The summed E-state index contributed by atoms with van der Waals surface area (Å²) in [7, 11) is 0. The van der Waals surface area contributed by atoms with Crippen LogP contribution in [0.5, 0.6) is 0 Å². The summed E-state index contributed by atoms with van der Waals surface area (Å²) in [6.45, 7) is 2.68. The third-order valence-corrected chi connectivity index (χ3v) is 4.78. The number of rotatable bonds is 2. The molecule has 4 heteroatoms. The summed E-state index contributed by atoms with van der Waals surface area (Å²) in [5.74, 6) is 0.444. The molecule has 1 amide bonds. The lowest BCUT2D eigenvalue weighted by Crippen LogP contribution is -2.43. The Kier molecular flexibility index (Phi) is 4.04. The van der Waals surface area contributed by atoms with Crippen molar-refractivity contribution in [3.05, 3.63) is 29.6 Å². The fourth-order valence-corrected chi connectivity index (χ4v) is 3.64. The smallest absolute Gasteiger partial charge is 0.255 e. The number of amides is 1. The van der Waals surface area contributed by atoms with E-state index < -0.39 is 0 Å². The highest BCUT2D eigenvalue weighted by Gasteiger charge is 2.39. The Morgan fingerprint density at radius 1 is 1.24 bits per heavy atom. The third-order valence-electron chi connectivity index (χ3n) is 4.78. The number of aryl methyl sites for hydroxylation is 1. The van der Waals surface area contributed by atoms with Gasteiger partial charge in [0.15, 0.2) is 0 Å². The number of carbonyl (C=O) groups is 2. The van der Waals surface area contributed by atoms with Gasteiger partial charge in [0.05, 0.1) is 5.56 Å². The van der Waals surface area contributed by atoms with Crippen LogP contribution in [0, 0.1) is 12.8 Å². The number of aromatic nitrogens is 1. The van der Waals surface area contributed by atoms with Gasteiger partial charge in [-0.3, -0.25) is 14.6 Å². The fraction of sp³-hybridized carbons (Fsp3) is 0.588. The minimum Gasteiger partial charge on any atom is -0.335 e. The largest absolute Gasteiger partial charge is 0.335 e. The monoisotopic (exact) mass is 286 g/mol. The van der Waals surface area contributed by atoms with Crippen molar-refractivity contribution in [1.82, 2.24) is 9.88 Å². The van der Waals surface area contributed by atoms with Gasteiger partial charge in [0.1, 0.15) is 5.78 Å². The number of hydrogen-bond acceptors (Lipinski definition) is 3. The van der Waals surface area contributed by atoms with Gasteiger partial charge in [-0.25, -0.2) is 0 Å². The summed E-state index contributed by atoms with van der Waals surface area (Å²) in [5, 5.41) is 0. The molecule has 1 saturated heterocycles. The predicted octanol–water partition coefficient (Wildman–Crippen LogP) is 2.75. The van der Waals surface area contributed by atoms with E-state index in [1.54, 1.807) is 6.20 Å². The summed E-state index contributed by atoms with van der Waals surface area (Å²) in [6, 6.07) is 3.80. The lowest BCUT2D eigenvalue weighted by atomic mass is 9.81. The molecule has 112 valence electrons. The van der Waals surface area contributed by atoms with Gasteiger partial charge in [0.25, 0.3) is 5.91 Å². The van der Waals surface area contributed by atoms with Gasteiger partial charge >= 0.3 is 0 Å². The van der Waals surface area contributed by atoms with Crippen LogP contribution in [0.1, 0.15) is 54.6 Å². The molecule has 0 N–H and O–H groups in total. The van der Waals surface area contributed by atoms with E-state index in [9.17, 15) is 9.59 Å². The molecule has 1 aliphatic heterocycles. The van der Waals surface area contributed by atoms with Gasteiger partial charge in [-0.15, -0.1) is 0 Å². The quantitative estimate of drug-likeness (QED) is 0.840. The zero-order valence-corrected chi connectivity index (χ0v) is 12.5. The van der Waals surface area contributed by atoms with E-state index in [-0.39, 0.29) is 17.9 Å². The van der Waals surface area contributed by atoms with Crippen molar-refractivity contribution in [3.63, 3.8) is 0 Å². The first kappa shape index (κ1) is 14.2. The minimum absolute atomic E-state index is 0.0309. The van der Waals surface area contributed by atoms with Crippen LogP contribution in [0.15, 0.2) is 18.3 Å². The molecule has 0 bridgehead atoms. The van der Waals surface area contributed by atoms with Crippen LogP contribution in [-0.4, -0.2) is 34.2 Å². The zero-order valence-electron chi connectivity index (χ0n) is 12.5. The Morgan fingerprint density at radius 2 is 2.10 bits per heavy atom. The minimum atomic E-state index is 0.0309. The summed E-state index contributed by atoms with van der Waals surface area (Å²) in [5.41, 5.74) is 1.54. The molecule has 2 heterocycles. The maximum atomic E-state index is 12.7. The Hall–Kier alpha value is -1.71. The lowest BCUT2D eigenvalue weighted by molar-refractivity contribution is -0.126. The first-order valence-electron chi connectivity index (χ1n) is 7.93. The fourth-order valence-electron chi connectivity index (χ4n) is 3.64. The van der Waals surface area contributed by atoms with Crippen LogP contribution >= 0.6 is 0 Å². The molecule has 1 aromatic heterocycles. The van der Waals surface area contributed by atoms with E-state index in [2.05, 4.69) is 4.98 Å². The number of carbonyl (C=O) groups excluding carboxylic acids is 2. The number of hydrogen-bond donors (Lipinski definition) is 0. The number of pyridine rings is 1. The van der Waals surface area contributed by atoms with Gasteiger partial charge in [-0.2, -0.15) is 0 Å². The van der Waals surface area contributed by atoms with Crippen molar-refractivity contribution in [2.75, 3.05) is 6.54 Å². The summed E-state index contributed by atoms with van der Waals surface area (Å²) >= 11 is 0. The molecule has 0 spiro atoms. The molecule has 1 aromatic rings. The highest BCUT2D eigenvalue weighted by molar-refractivity contribution is 5.95. The van der Waals surface area contributed by atoms with Crippen LogP contribution in [0.2, 0.25) is 0 Å². The zero-order chi connectivity index (χ0) is 14.8. The molecule has 1 saturated carbocycles. The summed E-state index contributed by atoms with van der Waals surface area (Å²) < 4.78 is 0. The van der Waals surface area contributed by atoms with E-state index in [0.717, 1.165) is 44.3 Å². The van der Waals surface area contributed by atoms with Crippen LogP contribution in [0.4, 0.5) is 0 Å². The maximum absolute atomic E-state index is 12.7. The van der Waals surface area contributed by atoms with Crippen LogP contribution < -0.4 is 0 Å². The molecule has 2 aliphatic rings. The van der Waals surface area contributed by atoms with Gasteiger partial charge in [-0.1, -0.05) is 6.42 Å². The molecule has 4 nitrogen and oxygen atoms in total. The molecule has 21 heavy (non-hydrogen) atoms. The van der Waals surface area contributed by atoms with Gasteiger partial charge in [0.2, 0.25) is 0 Å². The van der Waals surface area contributed by atoms with Crippen molar-refractivity contribution in [1.29, 1.82) is 0 Å². The van der Waals surface area contributed by atoms with Crippen LogP contribution in [-0.2, 0) is 4.79 Å². The SMILES string of the molecule is Cc1ccc(C(=O)N2CCCC2C2CCCCC2=O)cn1. The van der Waals surface area contributed by atoms with E-state index in [1.807, 2.05) is 24.0 Å². The Labute approximate surface area is 125 Å². The third kappa shape index (κ3) is 2.85. The van der Waals surface area contributed by atoms with Crippen molar-refractivity contribution in [2.45, 2.75) is 51.5 Å². The number of likely N-dealkylation sites (tertiary alicyclic amines) is 1. The molecule has 1 aliphatic carbocycles. The van der Waals surface area contributed by atoms with Gasteiger partial charge < -0.3 is 4.90 Å². The van der Waals surface area contributed by atoms with Crippen molar-refractivity contribution in [3.8, 4) is 0 Å². The number of ketones is 1. The number of Topliss-reactive ketones (excluding diaryl/α,β-unsaturated/α-hetero) is 1. The normalized spacial score (nSPS) is 26.1. The molecule has 2 unspecified atom stereocenters. The first-order chi connectivity index (χ1) is 10.2. The topological polar surface area (TPSA) is 50.3 Å². The Bertz CT molecular complexity index is 538. The van der Waals surface area contributed by atoms with Gasteiger partial charge in [-0.05, 0) is 44.7 Å². The van der Waals surface area contributed by atoms with Crippen LogP contribution in [0.3, 0.4) is 0 Å². The predicted molar refractivity (Wildman–Crippen MR) is 80.0 cm³/mol. The molecule has 0 radical (unpaired) electrons. The standard InChI is InChI=1S/C17H22N2O2/c1-12-8-9-13(11-18-12)17(21)19-10-4-6-15(19)14-5-2-3-7-16(14)20/h8-9,11,14-15H,2-7,10H2,1H3. The maximum Gasteiger partial charge on any atom is 0.255 e. The van der Waals surface area contributed by atoms with Crippen molar-refractivity contribution < 1.29 is 9.59 Å². The molecular weight excluding hydrogens is 264 g/mol. The molecular formula is C17H22N2O2. The Balaban J connectivity index is 1.78. The van der Waals surface area contributed by atoms with Crippen molar-refractivity contribution in [2.24, 2.45) is 5.92 Å². The van der Waals surface area contributed by atoms with Crippen LogP contribution in [0.25, 0.3) is 0 Å². The van der Waals surface area contributed by atoms with Crippen molar-refractivity contribution >= 4 is 11.7 Å². The average Bonchev–Trinajstić information content (AvgIpc) is 2.97. The average molecular weight is 286 g/mol. The Morgan fingerprint density at radius 3 is 2.81 bits per heavy atom. The van der Waals surface area contributed by atoms with E-state index >= 15 is 0 Å². The van der Waals surface area contributed by atoms with Gasteiger partial charge in [0, 0.05) is 36.8 Å². The molecule has 2 fully saturated rings. The van der Waals surface area contributed by atoms with E-state index in [0.29, 0.717) is 17.8 Å². The molecule has 3 rings (SSSR count). The van der Waals surface area contributed by atoms with E-state index in [1.165, 1.54) is 0 Å². The second kappa shape index (κ2) is 5.96. The number of nitrogens with zero attached hydrogens (tertiary/aromatic N) is 2. The molecule has 2 atom stereocenters. The highest BCUT2D eigenvalue weighted by atomic mass is 16.2. The second-order valence-electron chi connectivity index (χ2n) is 6.21. The summed E-state index contributed by atoms with van der Waals surface area (Å²) in [4.78, 5) is 31.0.